The smallest absolute Gasteiger partial charge is 0.0115 e. The molecule has 2 aromatic carbocycles. The quantitative estimate of drug-likeness (QED) is 0.767. The summed E-state index contributed by atoms with van der Waals surface area (Å²) in [6, 6.07) is 16.0. The van der Waals surface area contributed by atoms with Crippen molar-refractivity contribution in [3.8, 4) is 0 Å². The molecule has 2 rings (SSSR count). The molecule has 0 aliphatic rings. The molecule has 0 bridgehead atoms. The third-order valence-corrected chi connectivity index (χ3v) is 4.34. The zero-order valence-electron chi connectivity index (χ0n) is 12.6. The molecule has 0 spiro atoms. The van der Waals surface area contributed by atoms with E-state index in [1.54, 1.807) is 0 Å². The van der Waals surface area contributed by atoms with E-state index in [1.807, 2.05) is 11.8 Å². The standard InChI is InChI=1S/C18H25NS/c1-3-12-19-17(11-13-20-2)14-16-9-6-8-15-7-4-5-10-18(15)16/h4-10,17,19H,3,11-14H2,1-2H3. The molecule has 1 N–H and O–H groups in total. The van der Waals surface area contributed by atoms with Gasteiger partial charge in [0.25, 0.3) is 0 Å². The van der Waals surface area contributed by atoms with Crippen LogP contribution in [-0.4, -0.2) is 24.6 Å². The third kappa shape index (κ3) is 4.26. The molecule has 0 fully saturated rings. The average Bonchev–Trinajstić information content (AvgIpc) is 2.50. The SMILES string of the molecule is CCCNC(CCSC)Cc1cccc2ccccc12. The Morgan fingerprint density at radius 1 is 1.10 bits per heavy atom. The minimum atomic E-state index is 0.591. The van der Waals surface area contributed by atoms with E-state index in [4.69, 9.17) is 0 Å². The molecule has 1 atom stereocenters. The van der Waals surface area contributed by atoms with Gasteiger partial charge in [-0.25, -0.2) is 0 Å². The maximum Gasteiger partial charge on any atom is 0.0115 e. The number of hydrogen-bond donors (Lipinski definition) is 1. The maximum atomic E-state index is 3.70. The van der Waals surface area contributed by atoms with E-state index in [1.165, 1.54) is 34.9 Å². The summed E-state index contributed by atoms with van der Waals surface area (Å²) < 4.78 is 0. The first kappa shape index (κ1) is 15.4. The Kier molecular flexibility index (Phi) is 6.41. The fourth-order valence-corrected chi connectivity index (χ4v) is 3.14. The highest BCUT2D eigenvalue weighted by atomic mass is 32.2. The molecule has 2 aromatic rings. The molecular formula is C18H25NS. The topological polar surface area (TPSA) is 12.0 Å². The van der Waals surface area contributed by atoms with Crippen LogP contribution in [0.1, 0.15) is 25.3 Å². The highest BCUT2D eigenvalue weighted by molar-refractivity contribution is 7.98. The first-order valence-corrected chi connectivity index (χ1v) is 8.93. The summed E-state index contributed by atoms with van der Waals surface area (Å²) in [6.07, 6.45) is 5.76. The number of thioether (sulfide) groups is 1. The maximum absolute atomic E-state index is 3.70. The number of benzene rings is 2. The van der Waals surface area contributed by atoms with Crippen LogP contribution in [0.3, 0.4) is 0 Å². The van der Waals surface area contributed by atoms with E-state index in [0.29, 0.717) is 6.04 Å². The van der Waals surface area contributed by atoms with Gasteiger partial charge in [0.15, 0.2) is 0 Å². The van der Waals surface area contributed by atoms with E-state index in [-0.39, 0.29) is 0 Å². The lowest BCUT2D eigenvalue weighted by Crippen LogP contribution is -2.32. The van der Waals surface area contributed by atoms with Crippen molar-refractivity contribution in [2.45, 2.75) is 32.2 Å². The number of rotatable bonds is 8. The van der Waals surface area contributed by atoms with Crippen molar-refractivity contribution in [1.82, 2.24) is 5.32 Å². The summed E-state index contributed by atoms with van der Waals surface area (Å²) in [4.78, 5) is 0. The molecule has 0 aliphatic carbocycles. The molecule has 2 heteroatoms. The molecule has 0 heterocycles. The highest BCUT2D eigenvalue weighted by Crippen LogP contribution is 2.20. The fourth-order valence-electron chi connectivity index (χ4n) is 2.62. The normalized spacial score (nSPS) is 12.7. The Morgan fingerprint density at radius 3 is 2.70 bits per heavy atom. The average molecular weight is 287 g/mol. The Balaban J connectivity index is 2.14. The predicted octanol–water partition coefficient (Wildman–Crippen LogP) is 4.50. The van der Waals surface area contributed by atoms with Crippen LogP contribution in [-0.2, 0) is 6.42 Å². The van der Waals surface area contributed by atoms with Crippen molar-refractivity contribution in [1.29, 1.82) is 0 Å². The predicted molar refractivity (Wildman–Crippen MR) is 92.7 cm³/mol. The van der Waals surface area contributed by atoms with Gasteiger partial charge in [0.05, 0.1) is 0 Å². The zero-order chi connectivity index (χ0) is 14.2. The van der Waals surface area contributed by atoms with E-state index in [9.17, 15) is 0 Å². The molecule has 108 valence electrons. The van der Waals surface area contributed by atoms with Gasteiger partial charge >= 0.3 is 0 Å². The molecule has 0 saturated carbocycles. The van der Waals surface area contributed by atoms with Gasteiger partial charge in [-0.3, -0.25) is 0 Å². The van der Waals surface area contributed by atoms with Crippen molar-refractivity contribution in [2.24, 2.45) is 0 Å². The molecule has 1 nitrogen and oxygen atoms in total. The van der Waals surface area contributed by atoms with Crippen molar-refractivity contribution in [3.05, 3.63) is 48.0 Å². The van der Waals surface area contributed by atoms with Crippen molar-refractivity contribution >= 4 is 22.5 Å². The van der Waals surface area contributed by atoms with Crippen LogP contribution in [0, 0.1) is 0 Å². The van der Waals surface area contributed by atoms with Crippen molar-refractivity contribution < 1.29 is 0 Å². The molecule has 0 saturated heterocycles. The fraction of sp³-hybridized carbons (Fsp3) is 0.444. The summed E-state index contributed by atoms with van der Waals surface area (Å²) in [6.45, 7) is 3.35. The lowest BCUT2D eigenvalue weighted by atomic mass is 9.97. The first-order chi connectivity index (χ1) is 9.85. The van der Waals surface area contributed by atoms with Crippen molar-refractivity contribution in [2.75, 3.05) is 18.6 Å². The van der Waals surface area contributed by atoms with Crippen LogP contribution < -0.4 is 5.32 Å². The van der Waals surface area contributed by atoms with E-state index in [2.05, 4.69) is 61.0 Å². The minimum Gasteiger partial charge on any atom is -0.314 e. The van der Waals surface area contributed by atoms with E-state index in [0.717, 1.165) is 13.0 Å². The van der Waals surface area contributed by atoms with Crippen LogP contribution >= 0.6 is 11.8 Å². The zero-order valence-corrected chi connectivity index (χ0v) is 13.4. The van der Waals surface area contributed by atoms with Gasteiger partial charge < -0.3 is 5.32 Å². The Morgan fingerprint density at radius 2 is 1.90 bits per heavy atom. The van der Waals surface area contributed by atoms with Crippen LogP contribution in [0.4, 0.5) is 0 Å². The lowest BCUT2D eigenvalue weighted by Gasteiger charge is -2.19. The van der Waals surface area contributed by atoms with Crippen LogP contribution in [0.15, 0.2) is 42.5 Å². The second kappa shape index (κ2) is 8.33. The summed E-state index contributed by atoms with van der Waals surface area (Å²) in [5.74, 6) is 1.23. The van der Waals surface area contributed by atoms with Crippen LogP contribution in [0.25, 0.3) is 10.8 Å². The van der Waals surface area contributed by atoms with Gasteiger partial charge in [0.1, 0.15) is 0 Å². The summed E-state index contributed by atoms with van der Waals surface area (Å²) in [5, 5.41) is 6.46. The Labute approximate surface area is 127 Å². The Hall–Kier alpha value is -0.990. The monoisotopic (exact) mass is 287 g/mol. The van der Waals surface area contributed by atoms with Gasteiger partial charge in [-0.15, -0.1) is 0 Å². The number of nitrogens with one attached hydrogen (secondary N) is 1. The molecule has 0 amide bonds. The van der Waals surface area contributed by atoms with Gasteiger partial charge in [-0.05, 0) is 54.2 Å². The molecule has 0 aliphatic heterocycles. The molecule has 0 radical (unpaired) electrons. The summed E-state index contributed by atoms with van der Waals surface area (Å²) >= 11 is 1.94. The molecule has 20 heavy (non-hydrogen) atoms. The summed E-state index contributed by atoms with van der Waals surface area (Å²) in [5.41, 5.74) is 1.47. The minimum absolute atomic E-state index is 0.591. The summed E-state index contributed by atoms with van der Waals surface area (Å²) in [7, 11) is 0. The molecule has 0 aromatic heterocycles. The van der Waals surface area contributed by atoms with Crippen molar-refractivity contribution in [3.63, 3.8) is 0 Å². The van der Waals surface area contributed by atoms with E-state index < -0.39 is 0 Å². The second-order valence-electron chi connectivity index (χ2n) is 5.27. The van der Waals surface area contributed by atoms with Gasteiger partial charge in [-0.2, -0.15) is 11.8 Å². The lowest BCUT2D eigenvalue weighted by molar-refractivity contribution is 0.499. The van der Waals surface area contributed by atoms with Gasteiger partial charge in [0, 0.05) is 6.04 Å². The van der Waals surface area contributed by atoms with Gasteiger partial charge in [0.2, 0.25) is 0 Å². The number of fused-ring (bicyclic) bond motifs is 1. The molecular weight excluding hydrogens is 262 g/mol. The highest BCUT2D eigenvalue weighted by Gasteiger charge is 2.10. The van der Waals surface area contributed by atoms with Crippen LogP contribution in [0.2, 0.25) is 0 Å². The van der Waals surface area contributed by atoms with Gasteiger partial charge in [-0.1, -0.05) is 49.4 Å². The van der Waals surface area contributed by atoms with E-state index >= 15 is 0 Å². The van der Waals surface area contributed by atoms with Crippen LogP contribution in [0.5, 0.6) is 0 Å². The molecule has 1 unspecified atom stereocenters. The second-order valence-corrected chi connectivity index (χ2v) is 6.26. The Bertz CT molecular complexity index is 510. The largest absolute Gasteiger partial charge is 0.314 e. The first-order valence-electron chi connectivity index (χ1n) is 7.54. The third-order valence-electron chi connectivity index (χ3n) is 3.70. The number of hydrogen-bond acceptors (Lipinski definition) is 2.